The molecule has 0 amide bonds. The summed E-state index contributed by atoms with van der Waals surface area (Å²) in [6, 6.07) is 21.5. The van der Waals surface area contributed by atoms with Crippen molar-refractivity contribution in [2.45, 2.75) is 52.2 Å². The molecule has 0 saturated heterocycles. The second-order valence-electron chi connectivity index (χ2n) is 8.54. The van der Waals surface area contributed by atoms with Crippen molar-refractivity contribution >= 4 is 23.2 Å². The molecule has 3 nitrogen and oxygen atoms in total. The van der Waals surface area contributed by atoms with Gasteiger partial charge in [-0.1, -0.05) is 74.3 Å². The Labute approximate surface area is 201 Å². The maximum atomic E-state index is 6.49. The van der Waals surface area contributed by atoms with Gasteiger partial charge in [-0.3, -0.25) is 0 Å². The lowest BCUT2D eigenvalue weighted by Gasteiger charge is -2.27. The van der Waals surface area contributed by atoms with Gasteiger partial charge in [0.15, 0.2) is 5.75 Å². The molecule has 0 aliphatic rings. The molecule has 170 valence electrons. The van der Waals surface area contributed by atoms with Crippen LogP contribution in [0.3, 0.4) is 0 Å². The first kappa shape index (κ1) is 24.4. The van der Waals surface area contributed by atoms with Crippen LogP contribution >= 0.6 is 23.2 Å². The van der Waals surface area contributed by atoms with Crippen molar-refractivity contribution in [3.05, 3.63) is 87.9 Å². The number of ether oxygens (including phenoxy) is 3. The quantitative estimate of drug-likeness (QED) is 0.296. The third-order valence-electron chi connectivity index (χ3n) is 5.28. The molecule has 0 aliphatic carbocycles. The van der Waals surface area contributed by atoms with Gasteiger partial charge in [-0.25, -0.2) is 0 Å². The van der Waals surface area contributed by atoms with Crippen molar-refractivity contribution in [3.8, 4) is 17.2 Å². The summed E-state index contributed by atoms with van der Waals surface area (Å²) in [5.74, 6) is 2.13. The molecule has 0 aliphatic heterocycles. The van der Waals surface area contributed by atoms with Crippen molar-refractivity contribution in [2.75, 3.05) is 6.61 Å². The van der Waals surface area contributed by atoms with Gasteiger partial charge in [0, 0.05) is 5.41 Å². The molecule has 3 aromatic rings. The lowest BCUT2D eigenvalue weighted by molar-refractivity contribution is 0.0824. The SMILES string of the molecule is CCC(C)Oc1c(Cl)cc(C(C)(C)COCc2cccc(Oc3ccccc3)c2)cc1Cl. The molecular formula is C27H30Cl2O3. The first-order chi connectivity index (χ1) is 15.3. The first-order valence-electron chi connectivity index (χ1n) is 10.8. The van der Waals surface area contributed by atoms with E-state index in [4.69, 9.17) is 37.4 Å². The molecule has 0 heterocycles. The summed E-state index contributed by atoms with van der Waals surface area (Å²) in [4.78, 5) is 0. The molecule has 0 bridgehead atoms. The van der Waals surface area contributed by atoms with E-state index in [0.29, 0.717) is 29.0 Å². The van der Waals surface area contributed by atoms with Crippen LogP contribution in [0.5, 0.6) is 17.2 Å². The summed E-state index contributed by atoms with van der Waals surface area (Å²) in [5.41, 5.74) is 1.77. The number of rotatable bonds is 10. The van der Waals surface area contributed by atoms with Crippen LogP contribution in [0.25, 0.3) is 0 Å². The Balaban J connectivity index is 1.62. The topological polar surface area (TPSA) is 27.7 Å². The lowest BCUT2D eigenvalue weighted by atomic mass is 9.85. The Morgan fingerprint density at radius 1 is 0.875 bits per heavy atom. The fourth-order valence-corrected chi connectivity index (χ4v) is 3.75. The van der Waals surface area contributed by atoms with Crippen LogP contribution in [0.1, 0.15) is 45.2 Å². The fraction of sp³-hybridized carbons (Fsp3) is 0.333. The molecule has 0 aromatic heterocycles. The minimum absolute atomic E-state index is 0.0498. The number of hydrogen-bond donors (Lipinski definition) is 0. The van der Waals surface area contributed by atoms with Crippen LogP contribution in [-0.2, 0) is 16.8 Å². The van der Waals surface area contributed by atoms with Gasteiger partial charge in [0.2, 0.25) is 0 Å². The zero-order chi connectivity index (χ0) is 23.1. The lowest BCUT2D eigenvalue weighted by Crippen LogP contribution is -2.24. The normalized spacial score (nSPS) is 12.4. The molecule has 0 fully saturated rings. The number of hydrogen-bond acceptors (Lipinski definition) is 3. The highest BCUT2D eigenvalue weighted by molar-refractivity contribution is 6.37. The molecule has 1 atom stereocenters. The zero-order valence-electron chi connectivity index (χ0n) is 19.0. The van der Waals surface area contributed by atoms with Crippen LogP contribution in [0.15, 0.2) is 66.7 Å². The molecule has 1 unspecified atom stereocenters. The monoisotopic (exact) mass is 472 g/mol. The van der Waals surface area contributed by atoms with Crippen LogP contribution in [0.2, 0.25) is 10.0 Å². The smallest absolute Gasteiger partial charge is 0.156 e. The average Bonchev–Trinajstić information content (AvgIpc) is 2.76. The number of para-hydroxylation sites is 1. The summed E-state index contributed by atoms with van der Waals surface area (Å²) < 4.78 is 17.9. The van der Waals surface area contributed by atoms with Gasteiger partial charge in [-0.2, -0.15) is 0 Å². The predicted octanol–water partition coefficient (Wildman–Crippen LogP) is 8.46. The molecule has 3 aromatic carbocycles. The number of halogens is 2. The zero-order valence-corrected chi connectivity index (χ0v) is 20.5. The summed E-state index contributed by atoms with van der Waals surface area (Å²) in [5, 5.41) is 1.04. The second kappa shape index (κ2) is 11.1. The van der Waals surface area contributed by atoms with Gasteiger partial charge in [0.1, 0.15) is 11.5 Å². The third-order valence-corrected chi connectivity index (χ3v) is 5.84. The van der Waals surface area contributed by atoms with Gasteiger partial charge in [-0.05, 0) is 60.9 Å². The van der Waals surface area contributed by atoms with Crippen molar-refractivity contribution in [1.29, 1.82) is 0 Å². The van der Waals surface area contributed by atoms with E-state index in [-0.39, 0.29) is 11.5 Å². The highest BCUT2D eigenvalue weighted by Gasteiger charge is 2.24. The molecule has 5 heteroatoms. The summed E-state index contributed by atoms with van der Waals surface area (Å²) >= 11 is 13.0. The Hall–Kier alpha value is -2.20. The minimum atomic E-state index is -0.277. The molecule has 0 saturated carbocycles. The Bertz CT molecular complexity index is 995. The average molecular weight is 473 g/mol. The van der Waals surface area contributed by atoms with Gasteiger partial charge in [0.05, 0.1) is 29.4 Å². The summed E-state index contributed by atoms with van der Waals surface area (Å²) in [6.07, 6.45) is 0.930. The van der Waals surface area contributed by atoms with Crippen LogP contribution in [0, 0.1) is 0 Å². The molecule has 0 N–H and O–H groups in total. The molecular weight excluding hydrogens is 443 g/mol. The van der Waals surface area contributed by atoms with Crippen LogP contribution in [0.4, 0.5) is 0 Å². The van der Waals surface area contributed by atoms with E-state index in [0.717, 1.165) is 29.0 Å². The van der Waals surface area contributed by atoms with E-state index >= 15 is 0 Å². The van der Waals surface area contributed by atoms with Crippen molar-refractivity contribution in [1.82, 2.24) is 0 Å². The largest absolute Gasteiger partial charge is 0.488 e. The Morgan fingerprint density at radius 3 is 2.19 bits per heavy atom. The summed E-state index contributed by atoms with van der Waals surface area (Å²) in [7, 11) is 0. The van der Waals surface area contributed by atoms with E-state index in [1.807, 2.05) is 73.7 Å². The van der Waals surface area contributed by atoms with Crippen molar-refractivity contribution in [3.63, 3.8) is 0 Å². The van der Waals surface area contributed by atoms with Gasteiger partial charge < -0.3 is 14.2 Å². The second-order valence-corrected chi connectivity index (χ2v) is 9.36. The van der Waals surface area contributed by atoms with E-state index < -0.39 is 0 Å². The van der Waals surface area contributed by atoms with E-state index in [1.165, 1.54) is 0 Å². The highest BCUT2D eigenvalue weighted by Crippen LogP contribution is 2.39. The maximum absolute atomic E-state index is 6.49. The predicted molar refractivity (Wildman–Crippen MR) is 132 cm³/mol. The first-order valence-corrected chi connectivity index (χ1v) is 11.6. The Kier molecular flexibility index (Phi) is 8.47. The highest BCUT2D eigenvalue weighted by atomic mass is 35.5. The van der Waals surface area contributed by atoms with Crippen LogP contribution in [-0.4, -0.2) is 12.7 Å². The standard InChI is InChI=1S/C27H30Cl2O3/c1-5-19(2)31-26-24(28)15-21(16-25(26)29)27(3,4)18-30-17-20-10-9-13-23(14-20)32-22-11-7-6-8-12-22/h6-16,19H,5,17-18H2,1-4H3. The van der Waals surface area contributed by atoms with Crippen LogP contribution < -0.4 is 9.47 Å². The minimum Gasteiger partial charge on any atom is -0.488 e. The third kappa shape index (κ3) is 6.65. The van der Waals surface area contributed by atoms with E-state index in [2.05, 4.69) is 20.8 Å². The van der Waals surface area contributed by atoms with Gasteiger partial charge >= 0.3 is 0 Å². The molecule has 0 spiro atoms. The van der Waals surface area contributed by atoms with Crippen molar-refractivity contribution in [2.24, 2.45) is 0 Å². The van der Waals surface area contributed by atoms with Crippen molar-refractivity contribution < 1.29 is 14.2 Å². The maximum Gasteiger partial charge on any atom is 0.156 e. The molecule has 3 rings (SSSR count). The molecule has 0 radical (unpaired) electrons. The van der Waals surface area contributed by atoms with E-state index in [9.17, 15) is 0 Å². The van der Waals surface area contributed by atoms with Gasteiger partial charge in [0.25, 0.3) is 0 Å². The molecule has 32 heavy (non-hydrogen) atoms. The van der Waals surface area contributed by atoms with E-state index in [1.54, 1.807) is 0 Å². The Morgan fingerprint density at radius 2 is 1.53 bits per heavy atom. The number of benzene rings is 3. The van der Waals surface area contributed by atoms with Gasteiger partial charge in [-0.15, -0.1) is 0 Å². The fourth-order valence-electron chi connectivity index (χ4n) is 3.18. The summed E-state index contributed by atoms with van der Waals surface area (Å²) in [6.45, 7) is 9.27.